The van der Waals surface area contributed by atoms with Gasteiger partial charge in [-0.15, -0.1) is 0 Å². The second-order valence-electron chi connectivity index (χ2n) is 3.27. The van der Waals surface area contributed by atoms with Gasteiger partial charge < -0.3 is 18.2 Å². The molecule has 0 rings (SSSR count). The van der Waals surface area contributed by atoms with Crippen LogP contribution in [0.4, 0.5) is 0 Å². The van der Waals surface area contributed by atoms with Gasteiger partial charge in [-0.05, 0) is 32.5 Å². The van der Waals surface area contributed by atoms with Crippen LogP contribution in [0.1, 0.15) is 47.0 Å². The van der Waals surface area contributed by atoms with Crippen molar-refractivity contribution in [3.63, 3.8) is 0 Å². The third-order valence-electron chi connectivity index (χ3n) is 1.55. The van der Waals surface area contributed by atoms with Crippen molar-refractivity contribution >= 4 is 0 Å². The minimum Gasteiger partial charge on any atom is -0.342 e. The molecule has 0 heterocycles. The molecule has 0 N–H and O–H groups in total. The van der Waals surface area contributed by atoms with Gasteiger partial charge in [0.15, 0.2) is 0 Å². The van der Waals surface area contributed by atoms with Crippen LogP contribution in [-0.4, -0.2) is 24.5 Å². The van der Waals surface area contributed by atoms with E-state index >= 15 is 0 Å². The summed E-state index contributed by atoms with van der Waals surface area (Å²) in [6.07, 6.45) is 5.57. The summed E-state index contributed by atoms with van der Waals surface area (Å²) in [4.78, 5) is 2.48. The van der Waals surface area contributed by atoms with Gasteiger partial charge in [0.25, 0.3) is 0 Å². The van der Waals surface area contributed by atoms with Crippen LogP contribution in [-0.2, 0) is 19.5 Å². The Morgan fingerprint density at radius 1 is 1.00 bits per heavy atom. The van der Waals surface area contributed by atoms with Gasteiger partial charge in [0, 0.05) is 0 Å². The van der Waals surface area contributed by atoms with Crippen LogP contribution >= 0.6 is 0 Å². The SMILES string of the molecule is C[CH-]C.[CH2-]CCN(CCC)CCC.[Zn+2]. The summed E-state index contributed by atoms with van der Waals surface area (Å²) in [5.74, 6) is 0. The minimum atomic E-state index is 0. The van der Waals surface area contributed by atoms with Crippen molar-refractivity contribution in [2.24, 2.45) is 0 Å². The van der Waals surface area contributed by atoms with E-state index in [2.05, 4.69) is 25.7 Å². The Labute approximate surface area is 104 Å². The van der Waals surface area contributed by atoms with Crippen LogP contribution in [0.2, 0.25) is 0 Å². The maximum atomic E-state index is 3.85. The van der Waals surface area contributed by atoms with Crippen molar-refractivity contribution in [2.75, 3.05) is 19.6 Å². The van der Waals surface area contributed by atoms with Crippen LogP contribution in [0.3, 0.4) is 0 Å². The molecule has 0 saturated heterocycles. The number of hydrogen-bond acceptors (Lipinski definition) is 1. The summed E-state index contributed by atoms with van der Waals surface area (Å²) < 4.78 is 0. The van der Waals surface area contributed by atoms with E-state index in [0.717, 1.165) is 6.42 Å². The molecule has 0 atom stereocenters. The summed E-state index contributed by atoms with van der Waals surface area (Å²) >= 11 is 0. The van der Waals surface area contributed by atoms with E-state index in [1.54, 1.807) is 0 Å². The van der Waals surface area contributed by atoms with E-state index in [1.165, 1.54) is 32.5 Å². The zero-order valence-corrected chi connectivity index (χ0v) is 13.6. The first-order chi connectivity index (χ1) is 6.26. The molecule has 0 aromatic heterocycles. The first kappa shape index (κ1) is 20.1. The summed E-state index contributed by atoms with van der Waals surface area (Å²) in [5, 5.41) is 0. The van der Waals surface area contributed by atoms with Crippen molar-refractivity contribution in [1.82, 2.24) is 4.90 Å². The van der Waals surface area contributed by atoms with Crippen molar-refractivity contribution in [3.8, 4) is 0 Å². The van der Waals surface area contributed by atoms with E-state index in [4.69, 9.17) is 0 Å². The fourth-order valence-corrected chi connectivity index (χ4v) is 1.19. The van der Waals surface area contributed by atoms with Gasteiger partial charge in [0.05, 0.1) is 0 Å². The Balaban J connectivity index is -0.000000267. The van der Waals surface area contributed by atoms with Gasteiger partial charge in [-0.25, -0.2) is 0 Å². The number of hydrogen-bond donors (Lipinski definition) is 0. The van der Waals surface area contributed by atoms with Gasteiger partial charge in [-0.1, -0.05) is 13.8 Å². The molecule has 0 aliphatic rings. The Hall–Kier alpha value is 0.583. The third-order valence-corrected chi connectivity index (χ3v) is 1.55. The van der Waals surface area contributed by atoms with Crippen molar-refractivity contribution in [2.45, 2.75) is 47.0 Å². The fraction of sp³-hybridized carbons (Fsp3) is 0.833. The monoisotopic (exact) mass is 249 g/mol. The predicted molar refractivity (Wildman–Crippen MR) is 62.6 cm³/mol. The van der Waals surface area contributed by atoms with Crippen molar-refractivity contribution in [3.05, 3.63) is 13.3 Å². The van der Waals surface area contributed by atoms with E-state index < -0.39 is 0 Å². The van der Waals surface area contributed by atoms with Crippen LogP contribution in [0, 0.1) is 13.3 Å². The van der Waals surface area contributed by atoms with Gasteiger partial charge in [-0.3, -0.25) is 0 Å². The second kappa shape index (κ2) is 19.2. The van der Waals surface area contributed by atoms with Gasteiger partial charge >= 0.3 is 19.5 Å². The molecule has 0 fully saturated rings. The normalized spacial score (nSPS) is 9.00. The molecule has 0 saturated carbocycles. The third kappa shape index (κ3) is 18.4. The maximum absolute atomic E-state index is 3.85. The zero-order chi connectivity index (χ0) is 10.5. The largest absolute Gasteiger partial charge is 2.00 e. The molecule has 2 heteroatoms. The summed E-state index contributed by atoms with van der Waals surface area (Å²) in [6.45, 7) is 16.0. The van der Waals surface area contributed by atoms with Crippen molar-refractivity contribution in [1.29, 1.82) is 0 Å². The number of nitrogens with zero attached hydrogens (tertiary/aromatic N) is 1. The molecule has 0 aliphatic carbocycles. The molecule has 0 bridgehead atoms. The maximum Gasteiger partial charge on any atom is 2.00 e. The summed E-state index contributed by atoms with van der Waals surface area (Å²) in [5.41, 5.74) is 0. The molecule has 1 nitrogen and oxygen atoms in total. The molecule has 0 radical (unpaired) electrons. The number of rotatable bonds is 6. The van der Waals surface area contributed by atoms with Crippen LogP contribution in [0.15, 0.2) is 0 Å². The Kier molecular flexibility index (Phi) is 27.5. The molecule has 0 aromatic carbocycles. The molecule has 0 amide bonds. The second-order valence-corrected chi connectivity index (χ2v) is 3.27. The first-order valence-corrected chi connectivity index (χ1v) is 5.52. The average Bonchev–Trinajstić information content (AvgIpc) is 2.07. The van der Waals surface area contributed by atoms with Crippen LogP contribution in [0.5, 0.6) is 0 Å². The molecule has 0 aromatic rings. The van der Waals surface area contributed by atoms with E-state index in [-0.39, 0.29) is 19.5 Å². The fourth-order valence-electron chi connectivity index (χ4n) is 1.19. The summed E-state index contributed by atoms with van der Waals surface area (Å²) in [6, 6.07) is 0. The molecule has 82 valence electrons. The minimum absolute atomic E-state index is 0. The van der Waals surface area contributed by atoms with Crippen molar-refractivity contribution < 1.29 is 19.5 Å². The van der Waals surface area contributed by atoms with Gasteiger partial charge in [0.1, 0.15) is 0 Å². The van der Waals surface area contributed by atoms with Gasteiger partial charge in [-0.2, -0.15) is 20.3 Å². The molecule has 14 heavy (non-hydrogen) atoms. The zero-order valence-electron chi connectivity index (χ0n) is 10.7. The van der Waals surface area contributed by atoms with E-state index in [1.807, 2.05) is 20.3 Å². The van der Waals surface area contributed by atoms with E-state index in [0.29, 0.717) is 0 Å². The van der Waals surface area contributed by atoms with Crippen LogP contribution in [0.25, 0.3) is 0 Å². The Morgan fingerprint density at radius 2 is 1.36 bits per heavy atom. The Bertz CT molecular complexity index is 62.5. The Morgan fingerprint density at radius 3 is 1.57 bits per heavy atom. The standard InChI is InChI=1S/C9H20N.C3H7.Zn/c1-4-7-10(8-5-2)9-6-3;1-3-2;/h1,4-9H2,2-3H3;3H,1-2H3;/q2*-1;+2. The molecular formula is C12H27NZn. The summed E-state index contributed by atoms with van der Waals surface area (Å²) in [7, 11) is 0. The molecule has 0 spiro atoms. The van der Waals surface area contributed by atoms with Crippen LogP contribution < -0.4 is 0 Å². The van der Waals surface area contributed by atoms with E-state index in [9.17, 15) is 0 Å². The molecule has 0 unspecified atom stereocenters. The van der Waals surface area contributed by atoms with Gasteiger partial charge in [0.2, 0.25) is 0 Å². The first-order valence-electron chi connectivity index (χ1n) is 5.52. The quantitative estimate of drug-likeness (QED) is 0.515. The average molecular weight is 251 g/mol. The smallest absolute Gasteiger partial charge is 0.342 e. The predicted octanol–water partition coefficient (Wildman–Crippen LogP) is 3.56. The topological polar surface area (TPSA) is 3.24 Å². The molecule has 0 aliphatic heterocycles. The molecular weight excluding hydrogens is 224 g/mol.